The van der Waals surface area contributed by atoms with Crippen LogP contribution in [0.3, 0.4) is 0 Å². The van der Waals surface area contributed by atoms with Crippen molar-refractivity contribution in [3.8, 4) is 0 Å². The van der Waals surface area contributed by atoms with E-state index in [1.165, 1.54) is 20.0 Å². The highest BCUT2D eigenvalue weighted by molar-refractivity contribution is 5.85. The molecule has 1 unspecified atom stereocenters. The summed E-state index contributed by atoms with van der Waals surface area (Å²) in [5.74, 6) is 0.404. The van der Waals surface area contributed by atoms with Gasteiger partial charge in [-0.15, -0.1) is 12.4 Å². The highest BCUT2D eigenvalue weighted by Gasteiger charge is 2.27. The molecule has 0 spiro atoms. The van der Waals surface area contributed by atoms with Crippen LogP contribution < -0.4 is 5.73 Å². The number of carbonyl (C=O) groups excluding carboxylic acids is 1. The molecule has 1 atom stereocenters. The first-order valence-corrected chi connectivity index (χ1v) is 3.57. The number of ether oxygens (including phenoxy) is 1. The Morgan fingerprint density at radius 1 is 1.73 bits per heavy atom. The maximum atomic E-state index is 10.7. The van der Waals surface area contributed by atoms with Gasteiger partial charge in [-0.1, -0.05) is 12.8 Å². The Morgan fingerprint density at radius 2 is 2.27 bits per heavy atom. The molecule has 3 nitrogen and oxygen atoms in total. The molecule has 1 rings (SSSR count). The zero-order valence-corrected chi connectivity index (χ0v) is 7.39. The summed E-state index contributed by atoms with van der Waals surface area (Å²) in [7, 11) is 1.37. The normalized spacial score (nSPS) is 18.4. The second-order valence-corrected chi connectivity index (χ2v) is 2.81. The van der Waals surface area contributed by atoms with E-state index in [4.69, 9.17) is 5.73 Å². The topological polar surface area (TPSA) is 52.3 Å². The van der Waals surface area contributed by atoms with Crippen molar-refractivity contribution in [1.29, 1.82) is 0 Å². The van der Waals surface area contributed by atoms with Crippen LogP contribution in [0.25, 0.3) is 0 Å². The van der Waals surface area contributed by atoms with Crippen LogP contribution in [0.4, 0.5) is 0 Å². The van der Waals surface area contributed by atoms with Gasteiger partial charge in [-0.2, -0.15) is 0 Å². The van der Waals surface area contributed by atoms with Crippen molar-refractivity contribution in [3.63, 3.8) is 0 Å². The Kier molecular flexibility index (Phi) is 4.45. The molecule has 0 aliphatic heterocycles. The van der Waals surface area contributed by atoms with Crippen LogP contribution in [0.5, 0.6) is 0 Å². The van der Waals surface area contributed by atoms with Crippen LogP contribution in [0.1, 0.15) is 19.3 Å². The van der Waals surface area contributed by atoms with E-state index in [0.717, 1.165) is 6.42 Å². The first-order chi connectivity index (χ1) is 4.74. The molecule has 0 heterocycles. The fourth-order valence-corrected chi connectivity index (χ4v) is 0.960. The van der Waals surface area contributed by atoms with Gasteiger partial charge in [0.2, 0.25) is 0 Å². The molecule has 1 aliphatic rings. The molecule has 0 aromatic heterocycles. The lowest BCUT2D eigenvalue weighted by Crippen LogP contribution is -2.31. The van der Waals surface area contributed by atoms with Crippen molar-refractivity contribution in [3.05, 3.63) is 0 Å². The molecular weight excluding hydrogens is 166 g/mol. The zero-order chi connectivity index (χ0) is 7.56. The molecule has 4 heteroatoms. The predicted molar refractivity (Wildman–Crippen MR) is 44.6 cm³/mol. The molecule has 2 N–H and O–H groups in total. The van der Waals surface area contributed by atoms with E-state index in [9.17, 15) is 4.79 Å². The Bertz CT molecular complexity index is 136. The SMILES string of the molecule is COC(=O)C(N)CC1CC1.Cl. The van der Waals surface area contributed by atoms with E-state index in [2.05, 4.69) is 4.74 Å². The smallest absolute Gasteiger partial charge is 0.322 e. The van der Waals surface area contributed by atoms with E-state index in [0.29, 0.717) is 5.92 Å². The van der Waals surface area contributed by atoms with Crippen molar-refractivity contribution in [1.82, 2.24) is 0 Å². The van der Waals surface area contributed by atoms with E-state index in [1.807, 2.05) is 0 Å². The van der Waals surface area contributed by atoms with Gasteiger partial charge in [-0.05, 0) is 12.3 Å². The number of hydrogen-bond acceptors (Lipinski definition) is 3. The molecule has 1 saturated carbocycles. The van der Waals surface area contributed by atoms with Crippen LogP contribution in [0.15, 0.2) is 0 Å². The van der Waals surface area contributed by atoms with Gasteiger partial charge >= 0.3 is 5.97 Å². The van der Waals surface area contributed by atoms with Gasteiger partial charge in [-0.3, -0.25) is 4.79 Å². The Morgan fingerprint density at radius 3 is 2.64 bits per heavy atom. The summed E-state index contributed by atoms with van der Waals surface area (Å²) in [6, 6.07) is -0.391. The van der Waals surface area contributed by atoms with Crippen molar-refractivity contribution >= 4 is 18.4 Å². The number of esters is 1. The van der Waals surface area contributed by atoms with E-state index in [1.54, 1.807) is 0 Å². The quantitative estimate of drug-likeness (QED) is 0.650. The van der Waals surface area contributed by atoms with Gasteiger partial charge in [0.15, 0.2) is 0 Å². The van der Waals surface area contributed by atoms with Gasteiger partial charge in [0, 0.05) is 0 Å². The molecule has 0 saturated heterocycles. The number of carbonyl (C=O) groups is 1. The lowest BCUT2D eigenvalue weighted by atomic mass is 10.1. The van der Waals surface area contributed by atoms with Gasteiger partial charge in [0.05, 0.1) is 7.11 Å². The standard InChI is InChI=1S/C7H13NO2.ClH/c1-10-7(9)6(8)4-5-2-3-5;/h5-6H,2-4,8H2,1H3;1H. The van der Waals surface area contributed by atoms with Crippen LogP contribution in [-0.2, 0) is 9.53 Å². The summed E-state index contributed by atoms with van der Waals surface area (Å²) >= 11 is 0. The summed E-state index contributed by atoms with van der Waals surface area (Å²) in [5, 5.41) is 0. The van der Waals surface area contributed by atoms with Crippen molar-refractivity contribution in [2.45, 2.75) is 25.3 Å². The maximum Gasteiger partial charge on any atom is 0.322 e. The van der Waals surface area contributed by atoms with Crippen molar-refractivity contribution in [2.24, 2.45) is 11.7 Å². The number of hydrogen-bond donors (Lipinski definition) is 1. The molecule has 0 bridgehead atoms. The lowest BCUT2D eigenvalue weighted by Gasteiger charge is -2.06. The summed E-state index contributed by atoms with van der Waals surface area (Å²) in [5.41, 5.74) is 5.49. The van der Waals surface area contributed by atoms with Crippen molar-refractivity contribution < 1.29 is 9.53 Å². The fourth-order valence-electron chi connectivity index (χ4n) is 0.960. The second-order valence-electron chi connectivity index (χ2n) is 2.81. The van der Waals surface area contributed by atoms with Crippen LogP contribution >= 0.6 is 12.4 Å². The molecule has 66 valence electrons. The Hall–Kier alpha value is -0.280. The second kappa shape index (κ2) is 4.57. The average molecular weight is 180 g/mol. The van der Waals surface area contributed by atoms with E-state index >= 15 is 0 Å². The molecule has 11 heavy (non-hydrogen) atoms. The molecule has 0 amide bonds. The predicted octanol–water partition coefficient (Wildman–Crippen LogP) is 0.709. The zero-order valence-electron chi connectivity index (χ0n) is 6.58. The monoisotopic (exact) mass is 179 g/mol. The summed E-state index contributed by atoms with van der Waals surface area (Å²) in [6.07, 6.45) is 3.25. The van der Waals surface area contributed by atoms with Gasteiger partial charge in [0.1, 0.15) is 6.04 Å². The third kappa shape index (κ3) is 3.58. The third-order valence-electron chi connectivity index (χ3n) is 1.79. The number of methoxy groups -OCH3 is 1. The van der Waals surface area contributed by atoms with Crippen LogP contribution in [0.2, 0.25) is 0 Å². The van der Waals surface area contributed by atoms with Gasteiger partial charge in [0.25, 0.3) is 0 Å². The van der Waals surface area contributed by atoms with Crippen LogP contribution in [0, 0.1) is 5.92 Å². The minimum Gasteiger partial charge on any atom is -0.468 e. The molecule has 0 aromatic rings. The Balaban J connectivity index is 0.000001000. The van der Waals surface area contributed by atoms with Gasteiger partial charge < -0.3 is 10.5 Å². The number of halogens is 1. The molecular formula is C7H14ClNO2. The maximum absolute atomic E-state index is 10.7. The first kappa shape index (κ1) is 10.7. The molecule has 1 aliphatic carbocycles. The van der Waals surface area contributed by atoms with E-state index in [-0.39, 0.29) is 18.4 Å². The van der Waals surface area contributed by atoms with Gasteiger partial charge in [-0.25, -0.2) is 0 Å². The molecule has 0 radical (unpaired) electrons. The largest absolute Gasteiger partial charge is 0.468 e. The van der Waals surface area contributed by atoms with E-state index < -0.39 is 6.04 Å². The highest BCUT2D eigenvalue weighted by atomic mass is 35.5. The minimum absolute atomic E-state index is 0. The first-order valence-electron chi connectivity index (χ1n) is 3.57. The lowest BCUT2D eigenvalue weighted by molar-refractivity contribution is -0.142. The summed E-state index contributed by atoms with van der Waals surface area (Å²) in [4.78, 5) is 10.7. The van der Waals surface area contributed by atoms with Crippen LogP contribution in [-0.4, -0.2) is 19.1 Å². The number of nitrogens with two attached hydrogens (primary N) is 1. The number of rotatable bonds is 3. The molecule has 1 fully saturated rings. The average Bonchev–Trinajstić information content (AvgIpc) is 2.70. The summed E-state index contributed by atoms with van der Waals surface area (Å²) < 4.78 is 4.48. The van der Waals surface area contributed by atoms with Crippen molar-refractivity contribution in [2.75, 3.05) is 7.11 Å². The molecule has 0 aromatic carbocycles. The third-order valence-corrected chi connectivity index (χ3v) is 1.79. The fraction of sp³-hybridized carbons (Fsp3) is 0.857. The Labute approximate surface area is 72.7 Å². The minimum atomic E-state index is -0.391. The highest BCUT2D eigenvalue weighted by Crippen LogP contribution is 2.33. The summed E-state index contributed by atoms with van der Waals surface area (Å²) in [6.45, 7) is 0.